The summed E-state index contributed by atoms with van der Waals surface area (Å²) in [6.45, 7) is 5.02. The Morgan fingerprint density at radius 2 is 0.549 bits per heavy atom. The molecule has 0 aromatic heterocycles. The number of hydrogen-bond acceptors (Lipinski definition) is 5. The van der Waals surface area contributed by atoms with Crippen LogP contribution in [0.4, 0.5) is 0 Å². The van der Waals surface area contributed by atoms with Gasteiger partial charge in [0.15, 0.2) is 0 Å². The Balaban J connectivity index is 3.34. The third-order valence-electron chi connectivity index (χ3n) is 20.0. The monoisotopic (exact) mass is 1280 g/mol. The number of aliphatic hydroxyl groups is 2. The van der Waals surface area contributed by atoms with E-state index in [0.717, 1.165) is 44.9 Å². The molecule has 0 spiro atoms. The molecule has 0 aromatic carbocycles. The average molecular weight is 1280 g/mol. The first-order valence-corrected chi connectivity index (χ1v) is 42.1. The van der Waals surface area contributed by atoms with Gasteiger partial charge in [0, 0.05) is 12.8 Å². The van der Waals surface area contributed by atoms with Gasteiger partial charge in [0.2, 0.25) is 5.91 Å². The SMILES string of the molecule is CCCCCCCCCCCCCCCCCCCCCC(=O)OCCCCCCCCCCCCCCC/C=C\C/C=C\CCCCCCCCCCCCCCCCCCCC(=O)NC(CO)C(O)CCCCCCCCCCCCCCCCCCCC. The van der Waals surface area contributed by atoms with E-state index in [1.54, 1.807) is 0 Å². The highest BCUT2D eigenvalue weighted by Crippen LogP contribution is 2.21. The molecule has 0 radical (unpaired) electrons. The van der Waals surface area contributed by atoms with Crippen molar-refractivity contribution in [3.05, 3.63) is 24.3 Å². The fourth-order valence-corrected chi connectivity index (χ4v) is 13.6. The highest BCUT2D eigenvalue weighted by Gasteiger charge is 2.20. The predicted molar refractivity (Wildman–Crippen MR) is 403 cm³/mol. The molecule has 0 rings (SSSR count). The van der Waals surface area contributed by atoms with E-state index in [0.29, 0.717) is 25.9 Å². The second-order valence-corrected chi connectivity index (χ2v) is 29.2. The Kier molecular flexibility index (Phi) is 79.3. The lowest BCUT2D eigenvalue weighted by Gasteiger charge is -2.22. The summed E-state index contributed by atoms with van der Waals surface area (Å²) < 4.78 is 5.52. The molecule has 1 amide bonds. The molecule has 6 heteroatoms. The maximum atomic E-state index is 12.6. The van der Waals surface area contributed by atoms with Crippen molar-refractivity contribution in [1.29, 1.82) is 0 Å². The number of unbranched alkanes of at least 4 members (excludes halogenated alkanes) is 65. The van der Waals surface area contributed by atoms with Crippen LogP contribution in [0.25, 0.3) is 0 Å². The number of carbonyl (C=O) groups excluding carboxylic acids is 2. The maximum absolute atomic E-state index is 12.6. The molecule has 0 aromatic rings. The topological polar surface area (TPSA) is 95.9 Å². The second kappa shape index (κ2) is 80.8. The van der Waals surface area contributed by atoms with Crippen LogP contribution in [0.3, 0.4) is 0 Å². The van der Waals surface area contributed by atoms with Crippen LogP contribution >= 0.6 is 0 Å². The maximum Gasteiger partial charge on any atom is 0.305 e. The third-order valence-corrected chi connectivity index (χ3v) is 20.0. The van der Waals surface area contributed by atoms with E-state index in [-0.39, 0.29) is 18.5 Å². The molecule has 0 aliphatic heterocycles. The van der Waals surface area contributed by atoms with Gasteiger partial charge in [0.1, 0.15) is 0 Å². The number of amides is 1. The fraction of sp³-hybridized carbons (Fsp3) is 0.929. The lowest BCUT2D eigenvalue weighted by atomic mass is 10.0. The van der Waals surface area contributed by atoms with Crippen molar-refractivity contribution >= 4 is 11.9 Å². The largest absolute Gasteiger partial charge is 0.466 e. The number of rotatable bonds is 80. The van der Waals surface area contributed by atoms with Crippen molar-refractivity contribution in [3.63, 3.8) is 0 Å². The summed E-state index contributed by atoms with van der Waals surface area (Å²) in [5.41, 5.74) is 0. The third kappa shape index (κ3) is 77.2. The first kappa shape index (κ1) is 89.3. The van der Waals surface area contributed by atoms with Gasteiger partial charge < -0.3 is 20.3 Å². The van der Waals surface area contributed by atoms with Crippen molar-refractivity contribution in [2.75, 3.05) is 13.2 Å². The molecule has 2 unspecified atom stereocenters. The zero-order valence-electron chi connectivity index (χ0n) is 62.1. The van der Waals surface area contributed by atoms with E-state index >= 15 is 0 Å². The van der Waals surface area contributed by atoms with Crippen molar-refractivity contribution < 1.29 is 24.5 Å². The van der Waals surface area contributed by atoms with Gasteiger partial charge >= 0.3 is 5.97 Å². The van der Waals surface area contributed by atoms with Crippen molar-refractivity contribution in [2.24, 2.45) is 0 Å². The molecule has 0 aliphatic rings. The number of ether oxygens (including phenoxy) is 1. The molecule has 0 fully saturated rings. The zero-order valence-corrected chi connectivity index (χ0v) is 62.1. The Labute approximate surface area is 571 Å². The molecule has 91 heavy (non-hydrogen) atoms. The summed E-state index contributed by atoms with van der Waals surface area (Å²) in [5, 5.41) is 23.4. The first-order valence-electron chi connectivity index (χ1n) is 42.1. The number of allylic oxidation sites excluding steroid dienone is 4. The van der Waals surface area contributed by atoms with Crippen LogP contribution in [-0.2, 0) is 14.3 Å². The summed E-state index contributed by atoms with van der Waals surface area (Å²) in [5.74, 6) is -0.00268. The van der Waals surface area contributed by atoms with Crippen LogP contribution in [0.1, 0.15) is 483 Å². The minimum absolute atomic E-state index is 0.0247. The van der Waals surface area contributed by atoms with E-state index < -0.39 is 12.1 Å². The average Bonchev–Trinajstić information content (AvgIpc) is 3.65. The molecule has 0 heterocycles. The van der Waals surface area contributed by atoms with Gasteiger partial charge in [-0.3, -0.25) is 9.59 Å². The van der Waals surface area contributed by atoms with E-state index in [9.17, 15) is 19.8 Å². The number of nitrogens with one attached hydrogen (secondary N) is 1. The van der Waals surface area contributed by atoms with Crippen LogP contribution in [-0.4, -0.2) is 47.4 Å². The lowest BCUT2D eigenvalue weighted by Crippen LogP contribution is -2.45. The van der Waals surface area contributed by atoms with Crippen molar-refractivity contribution in [3.8, 4) is 0 Å². The van der Waals surface area contributed by atoms with E-state index in [1.165, 1.54) is 405 Å². The number of hydrogen-bond donors (Lipinski definition) is 3. The van der Waals surface area contributed by atoms with Crippen LogP contribution in [0, 0.1) is 0 Å². The Morgan fingerprint density at radius 3 is 0.835 bits per heavy atom. The molecule has 0 saturated carbocycles. The summed E-state index contributed by atoms with van der Waals surface area (Å²) in [7, 11) is 0. The molecular weight excluding hydrogens is 1110 g/mol. The quantitative estimate of drug-likeness (QED) is 0.0320. The smallest absolute Gasteiger partial charge is 0.305 e. The Bertz CT molecular complexity index is 1430. The normalized spacial score (nSPS) is 12.5. The van der Waals surface area contributed by atoms with Gasteiger partial charge in [0.25, 0.3) is 0 Å². The van der Waals surface area contributed by atoms with Gasteiger partial charge in [-0.05, 0) is 57.8 Å². The zero-order chi connectivity index (χ0) is 65.6. The summed E-state index contributed by atoms with van der Waals surface area (Å²) in [6, 6.07) is -0.540. The second-order valence-electron chi connectivity index (χ2n) is 29.2. The van der Waals surface area contributed by atoms with E-state index in [2.05, 4.69) is 43.5 Å². The number of aliphatic hydroxyl groups excluding tert-OH is 2. The van der Waals surface area contributed by atoms with Crippen molar-refractivity contribution in [1.82, 2.24) is 5.32 Å². The van der Waals surface area contributed by atoms with Gasteiger partial charge in [0.05, 0.1) is 25.4 Å². The molecule has 3 N–H and O–H groups in total. The van der Waals surface area contributed by atoms with Crippen LogP contribution < -0.4 is 5.32 Å². The van der Waals surface area contributed by atoms with Crippen molar-refractivity contribution in [2.45, 2.75) is 495 Å². The van der Waals surface area contributed by atoms with Crippen LogP contribution in [0.5, 0.6) is 0 Å². The van der Waals surface area contributed by atoms with Crippen LogP contribution in [0.2, 0.25) is 0 Å². The summed E-state index contributed by atoms with van der Waals surface area (Å²) in [6.07, 6.45) is 104. The highest BCUT2D eigenvalue weighted by atomic mass is 16.5. The molecule has 0 aliphatic carbocycles. The molecule has 540 valence electrons. The predicted octanol–water partition coefficient (Wildman–Crippen LogP) is 28.0. The molecular formula is C85H165NO5. The molecule has 0 bridgehead atoms. The minimum Gasteiger partial charge on any atom is -0.466 e. The van der Waals surface area contributed by atoms with Gasteiger partial charge in [-0.25, -0.2) is 0 Å². The fourth-order valence-electron chi connectivity index (χ4n) is 13.6. The van der Waals surface area contributed by atoms with Gasteiger partial charge in [-0.2, -0.15) is 0 Å². The lowest BCUT2D eigenvalue weighted by molar-refractivity contribution is -0.143. The highest BCUT2D eigenvalue weighted by molar-refractivity contribution is 5.76. The number of carbonyl (C=O) groups is 2. The first-order chi connectivity index (χ1) is 45.0. The van der Waals surface area contributed by atoms with Crippen LogP contribution in [0.15, 0.2) is 24.3 Å². The molecule has 2 atom stereocenters. The summed E-state index contributed by atoms with van der Waals surface area (Å²) >= 11 is 0. The number of esters is 1. The van der Waals surface area contributed by atoms with Gasteiger partial charge in [-0.1, -0.05) is 436 Å². The molecule has 6 nitrogen and oxygen atoms in total. The van der Waals surface area contributed by atoms with E-state index in [4.69, 9.17) is 4.74 Å². The van der Waals surface area contributed by atoms with Gasteiger partial charge in [-0.15, -0.1) is 0 Å². The summed E-state index contributed by atoms with van der Waals surface area (Å²) in [4.78, 5) is 24.7. The van der Waals surface area contributed by atoms with E-state index in [1.807, 2.05) is 0 Å². The Morgan fingerprint density at radius 1 is 0.308 bits per heavy atom. The molecule has 0 saturated heterocycles. The minimum atomic E-state index is -0.663. The Hall–Kier alpha value is -1.66. The standard InChI is InChI=1S/C85H165NO5/c1-3-5-7-9-11-13-15-17-19-21-42-47-51-55-59-63-67-71-75-79-85(90)91-80-76-72-68-64-60-56-52-48-44-41-39-37-35-33-31-29-27-25-23-24-26-28-30-32-34-36-38-40-43-46-50-54-58-62-66-70-74-78-84(89)86-82(81-87)83(88)77-73-69-65-61-57-53-49-45-22-20-18-16-14-12-10-8-6-4-2/h23,25,29,31,82-83,87-88H,3-22,24,26-28,30,32-81H2,1-2H3,(H,86,89)/b25-23-,31-29-.